The minimum absolute atomic E-state index is 0.0581. The van der Waals surface area contributed by atoms with Crippen molar-refractivity contribution < 1.29 is 4.79 Å². The second-order valence-corrected chi connectivity index (χ2v) is 7.37. The average molecular weight is 359 g/mol. The highest BCUT2D eigenvalue weighted by Crippen LogP contribution is 2.33. The number of anilines is 1. The normalized spacial score (nSPS) is 16.1. The van der Waals surface area contributed by atoms with Crippen molar-refractivity contribution in [2.24, 2.45) is 0 Å². The topological polar surface area (TPSA) is 37.3 Å². The fourth-order valence-corrected chi connectivity index (χ4v) is 3.81. The summed E-state index contributed by atoms with van der Waals surface area (Å²) >= 11 is 0. The van der Waals surface area contributed by atoms with Gasteiger partial charge in [-0.2, -0.15) is 0 Å². The molecule has 2 aromatic carbocycles. The van der Waals surface area contributed by atoms with Crippen LogP contribution in [0.2, 0.25) is 0 Å². The van der Waals surface area contributed by atoms with Gasteiger partial charge in [0.05, 0.1) is 6.04 Å². The lowest BCUT2D eigenvalue weighted by atomic mass is 9.98. The molecule has 0 spiro atoms. The van der Waals surface area contributed by atoms with E-state index in [0.717, 1.165) is 23.5 Å². The number of benzene rings is 2. The molecule has 3 aromatic rings. The largest absolute Gasteiger partial charge is 0.348 e. The SMILES string of the molecule is Cc1cccc(C2c3cccn3CCN2C(=O)Nc2ccc(C)c(C)c2)c1. The summed E-state index contributed by atoms with van der Waals surface area (Å²) in [4.78, 5) is 15.1. The Labute approximate surface area is 160 Å². The van der Waals surface area contributed by atoms with Crippen LogP contribution < -0.4 is 5.32 Å². The van der Waals surface area contributed by atoms with Crippen molar-refractivity contribution in [3.05, 3.63) is 88.7 Å². The fourth-order valence-electron chi connectivity index (χ4n) is 3.81. The number of hydrogen-bond acceptors (Lipinski definition) is 1. The maximum atomic E-state index is 13.2. The third-order valence-electron chi connectivity index (χ3n) is 5.42. The molecule has 0 radical (unpaired) electrons. The van der Waals surface area contributed by atoms with Gasteiger partial charge in [-0.25, -0.2) is 4.79 Å². The van der Waals surface area contributed by atoms with E-state index in [0.29, 0.717) is 6.54 Å². The molecule has 2 heterocycles. The molecule has 1 atom stereocenters. The first-order valence-electron chi connectivity index (χ1n) is 9.39. The summed E-state index contributed by atoms with van der Waals surface area (Å²) in [5.41, 5.74) is 6.74. The Morgan fingerprint density at radius 3 is 2.59 bits per heavy atom. The van der Waals surface area contributed by atoms with Crippen LogP contribution >= 0.6 is 0 Å². The van der Waals surface area contributed by atoms with E-state index in [4.69, 9.17) is 0 Å². The summed E-state index contributed by atoms with van der Waals surface area (Å²) in [5, 5.41) is 3.09. The van der Waals surface area contributed by atoms with Crippen LogP contribution in [0.15, 0.2) is 60.8 Å². The number of fused-ring (bicyclic) bond motifs is 1. The number of aryl methyl sites for hydroxylation is 3. The zero-order chi connectivity index (χ0) is 19.0. The van der Waals surface area contributed by atoms with Gasteiger partial charge in [0.2, 0.25) is 0 Å². The Bertz CT molecular complexity index is 989. The number of hydrogen-bond donors (Lipinski definition) is 1. The van der Waals surface area contributed by atoms with Gasteiger partial charge in [0.15, 0.2) is 0 Å². The van der Waals surface area contributed by atoms with Crippen LogP contribution in [0.3, 0.4) is 0 Å². The minimum Gasteiger partial charge on any atom is -0.348 e. The summed E-state index contributed by atoms with van der Waals surface area (Å²) in [6, 6.07) is 18.5. The molecular weight excluding hydrogens is 334 g/mol. The summed E-state index contributed by atoms with van der Waals surface area (Å²) in [6.07, 6.45) is 2.09. The Morgan fingerprint density at radius 1 is 0.963 bits per heavy atom. The molecule has 1 unspecified atom stereocenters. The first-order valence-corrected chi connectivity index (χ1v) is 9.39. The molecule has 4 nitrogen and oxygen atoms in total. The number of carbonyl (C=O) groups is 1. The monoisotopic (exact) mass is 359 g/mol. The number of amides is 2. The summed E-state index contributed by atoms with van der Waals surface area (Å²) in [6.45, 7) is 7.72. The highest BCUT2D eigenvalue weighted by atomic mass is 16.2. The Kier molecular flexibility index (Phi) is 4.48. The number of rotatable bonds is 2. The summed E-state index contributed by atoms with van der Waals surface area (Å²) < 4.78 is 2.24. The van der Waals surface area contributed by atoms with E-state index in [1.807, 2.05) is 23.1 Å². The van der Waals surface area contributed by atoms with Crippen LogP contribution in [0.4, 0.5) is 10.5 Å². The minimum atomic E-state index is -0.0832. The van der Waals surface area contributed by atoms with E-state index >= 15 is 0 Å². The van der Waals surface area contributed by atoms with Crippen molar-refractivity contribution in [2.75, 3.05) is 11.9 Å². The molecule has 0 bridgehead atoms. The van der Waals surface area contributed by atoms with Crippen LogP contribution in [0.1, 0.15) is 34.0 Å². The van der Waals surface area contributed by atoms with Crippen molar-refractivity contribution >= 4 is 11.7 Å². The van der Waals surface area contributed by atoms with Crippen molar-refractivity contribution in [1.82, 2.24) is 9.47 Å². The van der Waals surface area contributed by atoms with Crippen LogP contribution in [0.5, 0.6) is 0 Å². The molecule has 138 valence electrons. The van der Waals surface area contributed by atoms with Crippen molar-refractivity contribution in [3.63, 3.8) is 0 Å². The van der Waals surface area contributed by atoms with E-state index in [-0.39, 0.29) is 12.1 Å². The van der Waals surface area contributed by atoms with Gasteiger partial charge in [-0.1, -0.05) is 35.9 Å². The Morgan fingerprint density at radius 2 is 1.81 bits per heavy atom. The van der Waals surface area contributed by atoms with Gasteiger partial charge in [0.1, 0.15) is 0 Å². The van der Waals surface area contributed by atoms with Crippen LogP contribution in [0, 0.1) is 20.8 Å². The smallest absolute Gasteiger partial charge is 0.322 e. The molecule has 0 fully saturated rings. The zero-order valence-electron chi connectivity index (χ0n) is 16.1. The fraction of sp³-hybridized carbons (Fsp3) is 0.261. The second kappa shape index (κ2) is 6.95. The second-order valence-electron chi connectivity index (χ2n) is 7.37. The molecule has 4 heteroatoms. The van der Waals surface area contributed by atoms with Gasteiger partial charge in [0, 0.05) is 30.7 Å². The highest BCUT2D eigenvalue weighted by Gasteiger charge is 2.32. The van der Waals surface area contributed by atoms with E-state index in [1.165, 1.54) is 16.7 Å². The number of nitrogens with one attached hydrogen (secondary N) is 1. The van der Waals surface area contributed by atoms with E-state index in [1.54, 1.807) is 0 Å². The Hall–Kier alpha value is -3.01. The van der Waals surface area contributed by atoms with Gasteiger partial charge in [0.25, 0.3) is 0 Å². The predicted octanol–water partition coefficient (Wildman–Crippen LogP) is 5.05. The lowest BCUT2D eigenvalue weighted by molar-refractivity contribution is 0.182. The van der Waals surface area contributed by atoms with Gasteiger partial charge >= 0.3 is 6.03 Å². The standard InChI is InChI=1S/C23H25N3O/c1-16-6-4-7-19(14-16)22-21-8-5-11-25(21)12-13-26(22)23(27)24-20-10-9-17(2)18(3)15-20/h4-11,14-15,22H,12-13H2,1-3H3,(H,24,27). The maximum absolute atomic E-state index is 13.2. The average Bonchev–Trinajstić information content (AvgIpc) is 3.12. The summed E-state index contributed by atoms with van der Waals surface area (Å²) in [5.74, 6) is 0. The molecule has 27 heavy (non-hydrogen) atoms. The maximum Gasteiger partial charge on any atom is 0.322 e. The van der Waals surface area contributed by atoms with Crippen LogP contribution in [-0.4, -0.2) is 22.0 Å². The van der Waals surface area contributed by atoms with Crippen molar-refractivity contribution in [3.8, 4) is 0 Å². The Balaban J connectivity index is 1.67. The highest BCUT2D eigenvalue weighted by molar-refractivity contribution is 5.90. The third kappa shape index (κ3) is 3.35. The lowest BCUT2D eigenvalue weighted by Crippen LogP contribution is -2.44. The first-order chi connectivity index (χ1) is 13.0. The molecular formula is C23H25N3O. The number of carbonyl (C=O) groups excluding carboxylic acids is 1. The molecule has 2 amide bonds. The zero-order valence-corrected chi connectivity index (χ0v) is 16.1. The summed E-state index contributed by atoms with van der Waals surface area (Å²) in [7, 11) is 0. The van der Waals surface area contributed by atoms with Crippen molar-refractivity contribution in [2.45, 2.75) is 33.4 Å². The number of urea groups is 1. The van der Waals surface area contributed by atoms with Gasteiger partial charge in [-0.3, -0.25) is 0 Å². The molecule has 1 aliphatic heterocycles. The molecule has 1 aromatic heterocycles. The number of nitrogens with zero attached hydrogens (tertiary/aromatic N) is 2. The molecule has 1 aliphatic rings. The lowest BCUT2D eigenvalue weighted by Gasteiger charge is -2.37. The molecule has 0 saturated carbocycles. The molecule has 0 aliphatic carbocycles. The van der Waals surface area contributed by atoms with Gasteiger partial charge in [-0.05, 0) is 61.7 Å². The molecule has 1 N–H and O–H groups in total. The van der Waals surface area contributed by atoms with E-state index in [2.05, 4.69) is 73.3 Å². The first kappa shape index (κ1) is 17.4. The van der Waals surface area contributed by atoms with E-state index < -0.39 is 0 Å². The number of aromatic nitrogens is 1. The van der Waals surface area contributed by atoms with Crippen molar-refractivity contribution in [1.29, 1.82) is 0 Å². The van der Waals surface area contributed by atoms with Crippen LogP contribution in [-0.2, 0) is 6.54 Å². The van der Waals surface area contributed by atoms with Gasteiger partial charge in [-0.15, -0.1) is 0 Å². The predicted molar refractivity (Wildman–Crippen MR) is 109 cm³/mol. The van der Waals surface area contributed by atoms with E-state index in [9.17, 15) is 4.79 Å². The molecule has 0 saturated heterocycles. The van der Waals surface area contributed by atoms with Gasteiger partial charge < -0.3 is 14.8 Å². The third-order valence-corrected chi connectivity index (χ3v) is 5.42. The van der Waals surface area contributed by atoms with Crippen LogP contribution in [0.25, 0.3) is 0 Å². The molecule has 4 rings (SSSR count). The quantitative estimate of drug-likeness (QED) is 0.683.